The van der Waals surface area contributed by atoms with Crippen LogP contribution in [0.3, 0.4) is 0 Å². The molecule has 0 saturated carbocycles. The third kappa shape index (κ3) is 5.27. The largest absolute Gasteiger partial charge is 0.497 e. The highest BCUT2D eigenvalue weighted by Crippen LogP contribution is 2.27. The molecule has 0 fully saturated rings. The number of anilines is 2. The lowest BCUT2D eigenvalue weighted by atomic mass is 10.2. The highest BCUT2D eigenvalue weighted by Gasteiger charge is 2.10. The van der Waals surface area contributed by atoms with Crippen LogP contribution in [-0.2, 0) is 9.59 Å². The van der Waals surface area contributed by atoms with E-state index in [4.69, 9.17) is 10.5 Å². The standard InChI is InChI=1S/C14H21N3O3/c1-9(15)4-7-14(19)17-13-8-11(20-3)5-6-12(13)16-10(2)18/h5-6,8-9H,4,7,15H2,1-3H3,(H,16,18)(H,17,19). The summed E-state index contributed by atoms with van der Waals surface area (Å²) in [5, 5.41) is 5.42. The van der Waals surface area contributed by atoms with Crippen molar-refractivity contribution >= 4 is 23.2 Å². The van der Waals surface area contributed by atoms with E-state index in [0.29, 0.717) is 30.0 Å². The molecule has 6 nitrogen and oxygen atoms in total. The van der Waals surface area contributed by atoms with Gasteiger partial charge in [-0.2, -0.15) is 0 Å². The zero-order valence-electron chi connectivity index (χ0n) is 12.0. The Morgan fingerprint density at radius 3 is 2.55 bits per heavy atom. The Balaban J connectivity index is 2.84. The summed E-state index contributed by atoms with van der Waals surface area (Å²) in [5.41, 5.74) is 6.66. The summed E-state index contributed by atoms with van der Waals surface area (Å²) in [6, 6.07) is 5.03. The SMILES string of the molecule is COc1ccc(NC(C)=O)c(NC(=O)CCC(C)N)c1. The first-order chi connectivity index (χ1) is 9.42. The maximum atomic E-state index is 11.8. The maximum absolute atomic E-state index is 11.8. The number of hydrogen-bond acceptors (Lipinski definition) is 4. The normalized spacial score (nSPS) is 11.6. The smallest absolute Gasteiger partial charge is 0.224 e. The lowest BCUT2D eigenvalue weighted by Crippen LogP contribution is -2.20. The molecule has 1 unspecified atom stereocenters. The molecule has 0 spiro atoms. The van der Waals surface area contributed by atoms with E-state index in [1.54, 1.807) is 18.2 Å². The van der Waals surface area contributed by atoms with Gasteiger partial charge in [-0.25, -0.2) is 0 Å². The molecule has 0 aliphatic rings. The van der Waals surface area contributed by atoms with Crippen LogP contribution in [0.4, 0.5) is 11.4 Å². The molecule has 4 N–H and O–H groups in total. The Hall–Kier alpha value is -2.08. The van der Waals surface area contributed by atoms with Crippen LogP contribution in [0.1, 0.15) is 26.7 Å². The Bertz CT molecular complexity index is 487. The molecule has 1 aromatic carbocycles. The molecule has 0 bridgehead atoms. The number of methoxy groups -OCH3 is 1. The molecule has 0 aliphatic carbocycles. The molecule has 2 amide bonds. The Labute approximate surface area is 118 Å². The number of benzene rings is 1. The van der Waals surface area contributed by atoms with E-state index in [1.807, 2.05) is 6.92 Å². The van der Waals surface area contributed by atoms with Crippen LogP contribution in [0.2, 0.25) is 0 Å². The topological polar surface area (TPSA) is 93.5 Å². The number of carbonyl (C=O) groups is 2. The monoisotopic (exact) mass is 279 g/mol. The van der Waals surface area contributed by atoms with E-state index in [2.05, 4.69) is 10.6 Å². The van der Waals surface area contributed by atoms with Crippen LogP contribution >= 0.6 is 0 Å². The molecular weight excluding hydrogens is 258 g/mol. The maximum Gasteiger partial charge on any atom is 0.224 e. The Kier molecular flexibility index (Phi) is 5.99. The summed E-state index contributed by atoms with van der Waals surface area (Å²) in [6.45, 7) is 3.26. The van der Waals surface area contributed by atoms with Gasteiger partial charge in [0, 0.05) is 25.5 Å². The second-order valence-corrected chi connectivity index (χ2v) is 4.66. The first kappa shape index (κ1) is 16.0. The molecule has 1 atom stereocenters. The summed E-state index contributed by atoms with van der Waals surface area (Å²) >= 11 is 0. The van der Waals surface area contributed by atoms with E-state index in [1.165, 1.54) is 14.0 Å². The van der Waals surface area contributed by atoms with Crippen LogP contribution in [0.5, 0.6) is 5.75 Å². The molecule has 110 valence electrons. The number of rotatable bonds is 6. The first-order valence-corrected chi connectivity index (χ1v) is 6.43. The highest BCUT2D eigenvalue weighted by molar-refractivity contribution is 5.99. The zero-order valence-corrected chi connectivity index (χ0v) is 12.0. The second-order valence-electron chi connectivity index (χ2n) is 4.66. The quantitative estimate of drug-likeness (QED) is 0.739. The lowest BCUT2D eigenvalue weighted by molar-refractivity contribution is -0.116. The summed E-state index contributed by atoms with van der Waals surface area (Å²) in [5.74, 6) is 0.241. The van der Waals surface area contributed by atoms with Crippen molar-refractivity contribution in [2.45, 2.75) is 32.7 Å². The Morgan fingerprint density at radius 1 is 1.30 bits per heavy atom. The molecule has 20 heavy (non-hydrogen) atoms. The van der Waals surface area contributed by atoms with Crippen molar-refractivity contribution in [3.8, 4) is 5.75 Å². The van der Waals surface area contributed by atoms with Crippen LogP contribution in [0.25, 0.3) is 0 Å². The van der Waals surface area contributed by atoms with Gasteiger partial charge in [0.1, 0.15) is 5.75 Å². The summed E-state index contributed by atoms with van der Waals surface area (Å²) in [4.78, 5) is 23.0. The van der Waals surface area contributed by atoms with Crippen molar-refractivity contribution in [3.05, 3.63) is 18.2 Å². The predicted octanol–water partition coefficient (Wildman–Crippen LogP) is 1.72. The fourth-order valence-corrected chi connectivity index (χ4v) is 1.62. The van der Waals surface area contributed by atoms with E-state index in [0.717, 1.165) is 0 Å². The zero-order chi connectivity index (χ0) is 15.1. The van der Waals surface area contributed by atoms with E-state index < -0.39 is 0 Å². The minimum atomic E-state index is -0.207. The minimum Gasteiger partial charge on any atom is -0.497 e. The number of nitrogens with two attached hydrogens (primary N) is 1. The van der Waals surface area contributed by atoms with Crippen LogP contribution in [0, 0.1) is 0 Å². The van der Waals surface area contributed by atoms with Crippen molar-refractivity contribution in [2.24, 2.45) is 5.73 Å². The van der Waals surface area contributed by atoms with Gasteiger partial charge in [-0.05, 0) is 25.5 Å². The van der Waals surface area contributed by atoms with Crippen LogP contribution in [0.15, 0.2) is 18.2 Å². The minimum absolute atomic E-state index is 0.0270. The van der Waals surface area contributed by atoms with Crippen molar-refractivity contribution in [1.82, 2.24) is 0 Å². The van der Waals surface area contributed by atoms with E-state index in [9.17, 15) is 9.59 Å². The lowest BCUT2D eigenvalue weighted by Gasteiger charge is -2.13. The highest BCUT2D eigenvalue weighted by atomic mass is 16.5. The van der Waals surface area contributed by atoms with Gasteiger partial charge in [-0.3, -0.25) is 9.59 Å². The molecular formula is C14H21N3O3. The fourth-order valence-electron chi connectivity index (χ4n) is 1.62. The van der Waals surface area contributed by atoms with Crippen LogP contribution < -0.4 is 21.1 Å². The molecule has 6 heteroatoms. The van der Waals surface area contributed by atoms with Gasteiger partial charge in [0.15, 0.2) is 0 Å². The van der Waals surface area contributed by atoms with Gasteiger partial charge in [0.25, 0.3) is 0 Å². The summed E-state index contributed by atoms with van der Waals surface area (Å²) in [6.07, 6.45) is 0.930. The third-order valence-electron chi connectivity index (χ3n) is 2.64. The first-order valence-electron chi connectivity index (χ1n) is 6.43. The van der Waals surface area contributed by atoms with Gasteiger partial charge in [0.05, 0.1) is 18.5 Å². The summed E-state index contributed by atoms with van der Waals surface area (Å²) in [7, 11) is 1.54. The molecule has 0 heterocycles. The third-order valence-corrected chi connectivity index (χ3v) is 2.64. The number of amides is 2. The molecule has 0 aliphatic heterocycles. The summed E-state index contributed by atoms with van der Waals surface area (Å²) < 4.78 is 5.11. The molecule has 0 saturated heterocycles. The van der Waals surface area contributed by atoms with E-state index in [-0.39, 0.29) is 17.9 Å². The van der Waals surface area contributed by atoms with Crippen molar-refractivity contribution < 1.29 is 14.3 Å². The van der Waals surface area contributed by atoms with Gasteiger partial charge in [-0.1, -0.05) is 0 Å². The molecule has 1 aromatic rings. The van der Waals surface area contributed by atoms with Crippen molar-refractivity contribution in [3.63, 3.8) is 0 Å². The Morgan fingerprint density at radius 2 is 2.00 bits per heavy atom. The van der Waals surface area contributed by atoms with E-state index >= 15 is 0 Å². The van der Waals surface area contributed by atoms with Gasteiger partial charge < -0.3 is 21.1 Å². The number of hydrogen-bond donors (Lipinski definition) is 3. The molecule has 1 rings (SSSR count). The average molecular weight is 279 g/mol. The molecule has 0 radical (unpaired) electrons. The number of ether oxygens (including phenoxy) is 1. The van der Waals surface area contributed by atoms with Gasteiger partial charge in [-0.15, -0.1) is 0 Å². The van der Waals surface area contributed by atoms with Crippen LogP contribution in [-0.4, -0.2) is 25.0 Å². The van der Waals surface area contributed by atoms with Gasteiger partial charge in [0.2, 0.25) is 11.8 Å². The fraction of sp³-hybridized carbons (Fsp3) is 0.429. The second kappa shape index (κ2) is 7.49. The van der Waals surface area contributed by atoms with Crippen molar-refractivity contribution in [2.75, 3.05) is 17.7 Å². The van der Waals surface area contributed by atoms with Crippen molar-refractivity contribution in [1.29, 1.82) is 0 Å². The number of nitrogens with one attached hydrogen (secondary N) is 2. The predicted molar refractivity (Wildman–Crippen MR) is 78.8 cm³/mol. The van der Waals surface area contributed by atoms with Gasteiger partial charge >= 0.3 is 0 Å². The number of carbonyl (C=O) groups excluding carboxylic acids is 2. The average Bonchev–Trinajstić information content (AvgIpc) is 2.38. The molecule has 0 aromatic heterocycles.